The van der Waals surface area contributed by atoms with E-state index in [1.807, 2.05) is 47.4 Å². The van der Waals surface area contributed by atoms with Gasteiger partial charge in [-0.3, -0.25) is 4.79 Å². The normalized spacial score (nSPS) is 12.5. The first-order valence-corrected chi connectivity index (χ1v) is 10.7. The van der Waals surface area contributed by atoms with Crippen molar-refractivity contribution in [2.75, 3.05) is 26.4 Å². The molecule has 0 saturated heterocycles. The monoisotopic (exact) mass is 439 g/mol. The van der Waals surface area contributed by atoms with Gasteiger partial charge >= 0.3 is 0 Å². The SMILES string of the molecule is O=c1[nH]c2cc3c(cc2cc1CN(CCCO)C(=S)NCc1ccccc1)OCCO3. The Balaban J connectivity index is 1.54. The first kappa shape index (κ1) is 21.1. The Kier molecular flexibility index (Phi) is 6.69. The minimum Gasteiger partial charge on any atom is -0.486 e. The van der Waals surface area contributed by atoms with Crippen molar-refractivity contribution in [3.63, 3.8) is 0 Å². The number of hydrogen-bond donors (Lipinski definition) is 3. The lowest BCUT2D eigenvalue weighted by Crippen LogP contribution is -2.40. The van der Waals surface area contributed by atoms with Crippen molar-refractivity contribution in [1.29, 1.82) is 0 Å². The van der Waals surface area contributed by atoms with E-state index < -0.39 is 0 Å². The molecule has 0 radical (unpaired) electrons. The Hall–Kier alpha value is -3.10. The highest BCUT2D eigenvalue weighted by Gasteiger charge is 2.16. The van der Waals surface area contributed by atoms with E-state index in [0.717, 1.165) is 10.9 Å². The predicted molar refractivity (Wildman–Crippen MR) is 124 cm³/mol. The summed E-state index contributed by atoms with van der Waals surface area (Å²) in [5.74, 6) is 1.31. The molecule has 0 aliphatic carbocycles. The fourth-order valence-corrected chi connectivity index (χ4v) is 3.74. The third kappa shape index (κ3) is 5.15. The molecule has 0 fully saturated rings. The van der Waals surface area contributed by atoms with Gasteiger partial charge in [0.2, 0.25) is 0 Å². The second-order valence-electron chi connectivity index (χ2n) is 7.35. The van der Waals surface area contributed by atoms with Gasteiger partial charge in [0.25, 0.3) is 5.56 Å². The van der Waals surface area contributed by atoms with Crippen molar-refractivity contribution in [3.8, 4) is 11.5 Å². The third-order valence-electron chi connectivity index (χ3n) is 5.11. The minimum atomic E-state index is -0.177. The first-order chi connectivity index (χ1) is 15.1. The summed E-state index contributed by atoms with van der Waals surface area (Å²) in [4.78, 5) is 17.6. The topological polar surface area (TPSA) is 86.8 Å². The average Bonchev–Trinajstić information content (AvgIpc) is 2.80. The Morgan fingerprint density at radius 1 is 1.13 bits per heavy atom. The molecule has 0 amide bonds. The van der Waals surface area contributed by atoms with E-state index in [1.165, 1.54) is 0 Å². The maximum absolute atomic E-state index is 12.7. The number of thiocarbonyl (C=S) groups is 1. The van der Waals surface area contributed by atoms with E-state index in [4.69, 9.17) is 21.7 Å². The van der Waals surface area contributed by atoms with Gasteiger partial charge in [0.1, 0.15) is 13.2 Å². The predicted octanol–water partition coefficient (Wildman–Crippen LogP) is 2.56. The summed E-state index contributed by atoms with van der Waals surface area (Å²) in [5, 5.41) is 14.0. The number of hydrogen-bond acceptors (Lipinski definition) is 5. The number of aliphatic hydroxyl groups excluding tert-OH is 1. The number of H-pyrrole nitrogens is 1. The standard InChI is InChI=1S/C23H25N3O4S/c27-8-4-7-26(23(31)24-14-16-5-2-1-3-6-16)15-18-11-17-12-20-21(30-10-9-29-20)13-19(17)25-22(18)28/h1-3,5-6,11-13,27H,4,7-10,14-15H2,(H,24,31)(H,25,28). The summed E-state index contributed by atoms with van der Waals surface area (Å²) in [6.45, 7) is 2.51. The second-order valence-corrected chi connectivity index (χ2v) is 7.74. The number of fused-ring (bicyclic) bond motifs is 2. The molecule has 31 heavy (non-hydrogen) atoms. The number of pyridine rings is 1. The molecule has 1 aliphatic heterocycles. The van der Waals surface area contributed by atoms with Crippen molar-refractivity contribution < 1.29 is 14.6 Å². The van der Waals surface area contributed by atoms with Gasteiger partial charge in [-0.25, -0.2) is 0 Å². The van der Waals surface area contributed by atoms with Crippen LogP contribution in [0.3, 0.4) is 0 Å². The smallest absolute Gasteiger partial charge is 0.253 e. The zero-order valence-corrected chi connectivity index (χ0v) is 17.9. The van der Waals surface area contributed by atoms with Crippen molar-refractivity contribution in [3.05, 3.63) is 70.0 Å². The van der Waals surface area contributed by atoms with Crippen LogP contribution in [0, 0.1) is 0 Å². The lowest BCUT2D eigenvalue weighted by Gasteiger charge is -2.26. The quantitative estimate of drug-likeness (QED) is 0.488. The molecule has 0 unspecified atom stereocenters. The molecule has 1 aromatic heterocycles. The van der Waals surface area contributed by atoms with Crippen molar-refractivity contribution in [2.45, 2.75) is 19.5 Å². The van der Waals surface area contributed by atoms with Crippen LogP contribution < -0.4 is 20.3 Å². The molecule has 3 aromatic rings. The highest BCUT2D eigenvalue weighted by Crippen LogP contribution is 2.33. The van der Waals surface area contributed by atoms with E-state index in [1.54, 1.807) is 6.07 Å². The van der Waals surface area contributed by atoms with Crippen LogP contribution in [0.25, 0.3) is 10.9 Å². The molecular weight excluding hydrogens is 414 g/mol. The van der Waals surface area contributed by atoms with Gasteiger partial charge in [-0.05, 0) is 36.3 Å². The molecule has 4 rings (SSSR count). The van der Waals surface area contributed by atoms with Crippen LogP contribution in [0.4, 0.5) is 0 Å². The lowest BCUT2D eigenvalue weighted by atomic mass is 10.1. The van der Waals surface area contributed by atoms with Crippen LogP contribution in [0.2, 0.25) is 0 Å². The fraction of sp³-hybridized carbons (Fsp3) is 0.304. The number of aromatic nitrogens is 1. The van der Waals surface area contributed by atoms with Crippen LogP contribution in [0.15, 0.2) is 53.3 Å². The molecule has 1 aliphatic rings. The van der Waals surface area contributed by atoms with Crippen LogP contribution in [-0.4, -0.2) is 46.5 Å². The van der Waals surface area contributed by atoms with Crippen LogP contribution in [0.5, 0.6) is 11.5 Å². The summed E-state index contributed by atoms with van der Waals surface area (Å²) in [6, 6.07) is 15.5. The maximum Gasteiger partial charge on any atom is 0.253 e. The maximum atomic E-state index is 12.7. The lowest BCUT2D eigenvalue weighted by molar-refractivity contribution is 0.172. The van der Waals surface area contributed by atoms with E-state index in [-0.39, 0.29) is 12.2 Å². The molecule has 8 heteroatoms. The van der Waals surface area contributed by atoms with Gasteiger partial charge in [0, 0.05) is 36.7 Å². The molecule has 3 N–H and O–H groups in total. The molecule has 162 valence electrons. The van der Waals surface area contributed by atoms with Gasteiger partial charge in [0.05, 0.1) is 12.1 Å². The number of aliphatic hydroxyl groups is 1. The van der Waals surface area contributed by atoms with E-state index in [0.29, 0.717) is 67.0 Å². The van der Waals surface area contributed by atoms with E-state index in [2.05, 4.69) is 10.3 Å². The largest absolute Gasteiger partial charge is 0.486 e. The van der Waals surface area contributed by atoms with Gasteiger partial charge in [-0.15, -0.1) is 0 Å². The summed E-state index contributed by atoms with van der Waals surface area (Å²) in [5.41, 5.74) is 2.22. The molecule has 0 spiro atoms. The molecule has 0 bridgehead atoms. The molecular formula is C23H25N3O4S. The highest BCUT2D eigenvalue weighted by molar-refractivity contribution is 7.80. The zero-order valence-electron chi connectivity index (χ0n) is 17.1. The molecule has 2 heterocycles. The first-order valence-electron chi connectivity index (χ1n) is 10.3. The molecule has 7 nitrogen and oxygen atoms in total. The summed E-state index contributed by atoms with van der Waals surface area (Å²) in [6.07, 6.45) is 0.553. The van der Waals surface area contributed by atoms with Crippen LogP contribution >= 0.6 is 12.2 Å². The summed E-state index contributed by atoms with van der Waals surface area (Å²) in [7, 11) is 0. The summed E-state index contributed by atoms with van der Waals surface area (Å²) >= 11 is 5.59. The van der Waals surface area contributed by atoms with Gasteiger partial charge in [-0.1, -0.05) is 30.3 Å². The zero-order chi connectivity index (χ0) is 21.6. The number of rotatable bonds is 7. The Labute approximate surface area is 185 Å². The average molecular weight is 440 g/mol. The van der Waals surface area contributed by atoms with Gasteiger partial charge in [0.15, 0.2) is 16.6 Å². The van der Waals surface area contributed by atoms with Gasteiger partial charge in [-0.2, -0.15) is 0 Å². The fourth-order valence-electron chi connectivity index (χ4n) is 3.51. The van der Waals surface area contributed by atoms with Crippen molar-refractivity contribution >= 4 is 28.2 Å². The van der Waals surface area contributed by atoms with Crippen molar-refractivity contribution in [1.82, 2.24) is 15.2 Å². The van der Waals surface area contributed by atoms with Crippen LogP contribution in [0.1, 0.15) is 17.5 Å². The Morgan fingerprint density at radius 2 is 1.87 bits per heavy atom. The minimum absolute atomic E-state index is 0.0509. The second kappa shape index (κ2) is 9.80. The summed E-state index contributed by atoms with van der Waals surface area (Å²) < 4.78 is 11.3. The number of aromatic amines is 1. The number of nitrogens with one attached hydrogen (secondary N) is 2. The van der Waals surface area contributed by atoms with E-state index in [9.17, 15) is 9.90 Å². The van der Waals surface area contributed by atoms with E-state index >= 15 is 0 Å². The third-order valence-corrected chi connectivity index (χ3v) is 5.51. The molecule has 0 saturated carbocycles. The number of nitrogens with zero attached hydrogens (tertiary/aromatic N) is 1. The van der Waals surface area contributed by atoms with Crippen molar-refractivity contribution in [2.24, 2.45) is 0 Å². The molecule has 2 aromatic carbocycles. The van der Waals surface area contributed by atoms with Gasteiger partial charge < -0.3 is 29.8 Å². The number of benzene rings is 2. The Bertz CT molecular complexity index is 1120. The van der Waals surface area contributed by atoms with Crippen LogP contribution in [-0.2, 0) is 13.1 Å². The number of ether oxygens (including phenoxy) is 2. The Morgan fingerprint density at radius 3 is 2.61 bits per heavy atom. The highest BCUT2D eigenvalue weighted by atomic mass is 32.1. The molecule has 0 atom stereocenters.